The van der Waals surface area contributed by atoms with Gasteiger partial charge in [-0.25, -0.2) is 9.78 Å². The molecular formula is C34H50BN5O5. The number of aromatic amines is 1. The first-order valence-electron chi connectivity index (χ1n) is 16.7. The van der Waals surface area contributed by atoms with Gasteiger partial charge in [0.2, 0.25) is 5.91 Å². The van der Waals surface area contributed by atoms with Crippen LogP contribution in [0.1, 0.15) is 96.6 Å². The predicted molar refractivity (Wildman–Crippen MR) is 174 cm³/mol. The van der Waals surface area contributed by atoms with Gasteiger partial charge in [-0.2, -0.15) is 0 Å². The molecule has 10 nitrogen and oxygen atoms in total. The van der Waals surface area contributed by atoms with Crippen LogP contribution in [0, 0.1) is 5.92 Å². The monoisotopic (exact) mass is 619 g/mol. The molecule has 3 aliphatic heterocycles. The van der Waals surface area contributed by atoms with Crippen LogP contribution in [0.3, 0.4) is 0 Å². The van der Waals surface area contributed by atoms with Gasteiger partial charge in [-0.15, -0.1) is 0 Å². The summed E-state index contributed by atoms with van der Waals surface area (Å²) in [6.45, 7) is 15.1. The highest BCUT2D eigenvalue weighted by Gasteiger charge is 2.54. The Morgan fingerprint density at radius 2 is 1.84 bits per heavy atom. The Morgan fingerprint density at radius 3 is 2.49 bits per heavy atom. The molecule has 244 valence electrons. The highest BCUT2D eigenvalue weighted by atomic mass is 16.7. The van der Waals surface area contributed by atoms with E-state index in [1.165, 1.54) is 23.8 Å². The first-order chi connectivity index (χ1) is 21.3. The number of H-pyrrole nitrogens is 1. The van der Waals surface area contributed by atoms with Crippen molar-refractivity contribution in [3.63, 3.8) is 0 Å². The van der Waals surface area contributed by atoms with Gasteiger partial charge in [-0.05, 0) is 102 Å². The minimum atomic E-state index is -0.664. The van der Waals surface area contributed by atoms with E-state index in [4.69, 9.17) is 19.0 Å². The summed E-state index contributed by atoms with van der Waals surface area (Å²) in [4.78, 5) is 38.5. The molecule has 3 fully saturated rings. The lowest BCUT2D eigenvalue weighted by molar-refractivity contribution is -0.135. The van der Waals surface area contributed by atoms with Crippen LogP contribution in [0.2, 0.25) is 0 Å². The number of methoxy groups -OCH3 is 1. The average Bonchev–Trinajstić information content (AvgIpc) is 3.77. The van der Waals surface area contributed by atoms with E-state index in [0.29, 0.717) is 6.54 Å². The normalized spacial score (nSPS) is 26.5. The minimum Gasteiger partial charge on any atom is -0.453 e. The van der Waals surface area contributed by atoms with Gasteiger partial charge in [0.25, 0.3) is 0 Å². The quantitative estimate of drug-likeness (QED) is 0.464. The molecule has 2 N–H and O–H groups in total. The van der Waals surface area contributed by atoms with Crippen molar-refractivity contribution in [3.8, 4) is 11.3 Å². The van der Waals surface area contributed by atoms with Crippen LogP contribution in [0.15, 0.2) is 18.3 Å². The maximum Gasteiger partial charge on any atom is 0.495 e. The van der Waals surface area contributed by atoms with Gasteiger partial charge in [0.1, 0.15) is 11.9 Å². The third-order valence-electron chi connectivity index (χ3n) is 11.1. The van der Waals surface area contributed by atoms with Gasteiger partial charge < -0.3 is 34.1 Å². The van der Waals surface area contributed by atoms with Gasteiger partial charge in [0, 0.05) is 24.1 Å². The second kappa shape index (κ2) is 11.7. The number of likely N-dealkylation sites (N-methyl/N-ethyl adjacent to an activating group) is 1. The lowest BCUT2D eigenvalue weighted by Gasteiger charge is -2.39. The van der Waals surface area contributed by atoms with Gasteiger partial charge in [-0.1, -0.05) is 26.0 Å². The maximum absolute atomic E-state index is 13.7. The van der Waals surface area contributed by atoms with Crippen molar-refractivity contribution in [1.29, 1.82) is 0 Å². The van der Waals surface area contributed by atoms with E-state index in [-0.39, 0.29) is 23.3 Å². The molecule has 6 rings (SSSR count). The Kier molecular flexibility index (Phi) is 8.36. The molecule has 45 heavy (non-hydrogen) atoms. The molecule has 0 saturated carbocycles. The molecule has 4 aliphatic rings. The molecule has 11 heteroatoms. The van der Waals surface area contributed by atoms with Gasteiger partial charge in [0.05, 0.1) is 36.2 Å². The topological polar surface area (TPSA) is 109 Å². The Morgan fingerprint density at radius 1 is 1.11 bits per heavy atom. The number of hydrogen-bond donors (Lipinski definition) is 2. The Labute approximate surface area is 268 Å². The lowest BCUT2D eigenvalue weighted by atomic mass is 9.60. The zero-order valence-corrected chi connectivity index (χ0v) is 28.3. The number of carbonyl (C=O) groups excluding carboxylic acids is 2. The third kappa shape index (κ3) is 5.59. The number of hydrogen-bond acceptors (Lipinski definition) is 7. The molecule has 3 saturated heterocycles. The second-order valence-electron chi connectivity index (χ2n) is 15.0. The van der Waals surface area contributed by atoms with Crippen LogP contribution in [-0.2, 0) is 30.7 Å². The average molecular weight is 620 g/mol. The first kappa shape index (κ1) is 32.1. The molecule has 1 spiro atoms. The van der Waals surface area contributed by atoms with E-state index in [1.807, 2.05) is 24.9 Å². The van der Waals surface area contributed by atoms with Gasteiger partial charge in [-0.3, -0.25) is 4.79 Å². The molecule has 2 amide bonds. The fourth-order valence-corrected chi connectivity index (χ4v) is 8.02. The first-order valence-corrected chi connectivity index (χ1v) is 16.7. The van der Waals surface area contributed by atoms with E-state index in [2.05, 4.69) is 62.1 Å². The molecule has 1 aromatic carbocycles. The number of benzene rings is 1. The molecule has 3 atom stereocenters. The number of aromatic nitrogens is 2. The Hall–Kier alpha value is -2.89. The summed E-state index contributed by atoms with van der Waals surface area (Å²) in [7, 11) is 3.12. The van der Waals surface area contributed by atoms with E-state index < -0.39 is 30.5 Å². The molecule has 2 aromatic rings. The summed E-state index contributed by atoms with van der Waals surface area (Å²) in [5.74, 6) is 0.597. The zero-order valence-electron chi connectivity index (χ0n) is 28.3. The van der Waals surface area contributed by atoms with Crippen LogP contribution in [0.4, 0.5) is 4.79 Å². The molecule has 0 radical (unpaired) electrons. The lowest BCUT2D eigenvalue weighted by Crippen LogP contribution is -2.51. The fourth-order valence-electron chi connectivity index (χ4n) is 8.02. The van der Waals surface area contributed by atoms with Crippen molar-refractivity contribution in [2.75, 3.05) is 33.8 Å². The number of nitrogens with zero attached hydrogens (tertiary/aromatic N) is 3. The summed E-state index contributed by atoms with van der Waals surface area (Å²) < 4.78 is 18.1. The summed E-state index contributed by atoms with van der Waals surface area (Å²) in [6, 6.07) is 3.59. The number of fused-ring (bicyclic) bond motifs is 2. The Balaban J connectivity index is 1.36. The SMILES string of the molecule is COC(=O)NC(C(=O)N1CCCC1c1ncc(-c2ccc(B3OC(C)(C)C(C)(C)O3)c3c2CCCC32CCN(C)C2)[nH]1)C(C)C. The van der Waals surface area contributed by atoms with Gasteiger partial charge in [0.15, 0.2) is 0 Å². The Bertz CT molecular complexity index is 1440. The molecule has 1 aliphatic carbocycles. The van der Waals surface area contributed by atoms with E-state index in [9.17, 15) is 9.59 Å². The van der Waals surface area contributed by atoms with Crippen LogP contribution < -0.4 is 10.8 Å². The number of nitrogens with one attached hydrogen (secondary N) is 2. The number of carbonyl (C=O) groups is 2. The van der Waals surface area contributed by atoms with E-state index >= 15 is 0 Å². The van der Waals surface area contributed by atoms with Crippen molar-refractivity contribution in [2.45, 2.75) is 109 Å². The zero-order chi connectivity index (χ0) is 32.3. The second-order valence-corrected chi connectivity index (χ2v) is 15.0. The van der Waals surface area contributed by atoms with Crippen molar-refractivity contribution in [3.05, 3.63) is 35.3 Å². The largest absolute Gasteiger partial charge is 0.495 e. The highest BCUT2D eigenvalue weighted by Crippen LogP contribution is 2.47. The smallest absolute Gasteiger partial charge is 0.453 e. The number of rotatable bonds is 6. The predicted octanol–water partition coefficient (Wildman–Crippen LogP) is 4.33. The van der Waals surface area contributed by atoms with Crippen molar-refractivity contribution in [1.82, 2.24) is 25.1 Å². The van der Waals surface area contributed by atoms with E-state index in [1.54, 1.807) is 0 Å². The third-order valence-corrected chi connectivity index (χ3v) is 11.1. The molecule has 1 aromatic heterocycles. The van der Waals surface area contributed by atoms with Crippen molar-refractivity contribution < 1.29 is 23.6 Å². The number of ether oxygens (including phenoxy) is 1. The van der Waals surface area contributed by atoms with E-state index in [0.717, 1.165) is 68.6 Å². The van der Waals surface area contributed by atoms with Crippen LogP contribution in [0.5, 0.6) is 0 Å². The van der Waals surface area contributed by atoms with Crippen molar-refractivity contribution >= 4 is 24.6 Å². The molecule has 4 heterocycles. The molecule has 3 unspecified atom stereocenters. The minimum absolute atomic E-state index is 0.0628. The number of amides is 2. The summed E-state index contributed by atoms with van der Waals surface area (Å²) in [6.07, 6.45) is 7.42. The van der Waals surface area contributed by atoms with Crippen LogP contribution >= 0.6 is 0 Å². The van der Waals surface area contributed by atoms with Gasteiger partial charge >= 0.3 is 13.2 Å². The molecular weight excluding hydrogens is 569 g/mol. The highest BCUT2D eigenvalue weighted by molar-refractivity contribution is 6.62. The summed E-state index contributed by atoms with van der Waals surface area (Å²) in [5, 5.41) is 2.74. The summed E-state index contributed by atoms with van der Waals surface area (Å²) >= 11 is 0. The van der Waals surface area contributed by atoms with Crippen LogP contribution in [0.25, 0.3) is 11.3 Å². The summed E-state index contributed by atoms with van der Waals surface area (Å²) in [5.41, 5.74) is 5.29. The fraction of sp³-hybridized carbons (Fsp3) is 0.676. The number of alkyl carbamates (subject to hydrolysis) is 1. The number of likely N-dealkylation sites (tertiary alicyclic amines) is 2. The standard InChI is InChI=1S/C34H50BN5O5/c1-21(2)28(38-31(42)43-8)30(41)40-17-10-12-26(40)29-36-19-25(37-29)22-13-14-24(35-44-32(3,4)33(5,6)45-35)27-23(22)11-9-15-34(27)16-18-39(7)20-34/h13-14,19,21,26,28H,9-12,15-18,20H2,1-8H3,(H,36,37)(H,38,42). The maximum atomic E-state index is 13.7. The van der Waals surface area contributed by atoms with Crippen LogP contribution in [-0.4, -0.2) is 89.9 Å². The molecule has 0 bridgehead atoms. The number of imidazole rings is 1. The van der Waals surface area contributed by atoms with Crippen molar-refractivity contribution in [2.24, 2.45) is 5.92 Å².